The topological polar surface area (TPSA) is 105 Å². The summed E-state index contributed by atoms with van der Waals surface area (Å²) in [6.07, 6.45) is 5.00. The minimum Gasteiger partial charge on any atom is -0.481 e. The molecule has 0 bridgehead atoms. The number of ether oxygens (including phenoxy) is 1. The predicted molar refractivity (Wildman–Crippen MR) is 126 cm³/mol. The number of amides is 2. The summed E-state index contributed by atoms with van der Waals surface area (Å²) in [4.78, 5) is 36.1. The molecule has 0 radical (unpaired) electrons. The van der Waals surface area contributed by atoms with E-state index in [-0.39, 0.29) is 42.2 Å². The number of aliphatic carboxylic acids is 1. The Bertz CT molecular complexity index is 1100. The fourth-order valence-corrected chi connectivity index (χ4v) is 5.15. The van der Waals surface area contributed by atoms with E-state index in [1.807, 2.05) is 36.4 Å². The number of nitrogens with one attached hydrogen (secondary N) is 2. The molecule has 2 aromatic rings. The van der Waals surface area contributed by atoms with Crippen molar-refractivity contribution in [2.75, 3.05) is 13.2 Å². The Hall–Kier alpha value is -3.61. The van der Waals surface area contributed by atoms with Crippen molar-refractivity contribution in [1.29, 1.82) is 0 Å². The maximum atomic E-state index is 12.6. The third kappa shape index (κ3) is 4.55. The molecule has 0 heterocycles. The molecule has 0 spiro atoms. The van der Waals surface area contributed by atoms with Crippen molar-refractivity contribution in [3.8, 4) is 11.1 Å². The Morgan fingerprint density at radius 1 is 0.971 bits per heavy atom. The van der Waals surface area contributed by atoms with Gasteiger partial charge in [0.05, 0.1) is 12.0 Å². The number of hydrogen-bond donors (Lipinski definition) is 3. The van der Waals surface area contributed by atoms with E-state index in [1.54, 1.807) is 0 Å². The molecule has 3 aliphatic carbocycles. The van der Waals surface area contributed by atoms with Crippen LogP contribution in [0.15, 0.2) is 60.7 Å². The molecule has 3 N–H and O–H groups in total. The summed E-state index contributed by atoms with van der Waals surface area (Å²) in [5.41, 5.74) is 4.67. The smallest absolute Gasteiger partial charge is 0.407 e. The van der Waals surface area contributed by atoms with E-state index >= 15 is 0 Å². The highest BCUT2D eigenvalue weighted by Gasteiger charge is 2.43. The van der Waals surface area contributed by atoms with Crippen molar-refractivity contribution in [3.63, 3.8) is 0 Å². The number of alkyl carbamates (subject to hydrolysis) is 1. The van der Waals surface area contributed by atoms with Crippen LogP contribution in [0, 0.1) is 17.8 Å². The van der Waals surface area contributed by atoms with Crippen LogP contribution in [0.5, 0.6) is 0 Å². The van der Waals surface area contributed by atoms with Crippen molar-refractivity contribution in [2.45, 2.75) is 31.2 Å². The molecular weight excluding hydrogens is 432 g/mol. The highest BCUT2D eigenvalue weighted by atomic mass is 16.5. The van der Waals surface area contributed by atoms with Gasteiger partial charge in [-0.2, -0.15) is 0 Å². The molecule has 3 aliphatic rings. The van der Waals surface area contributed by atoms with Gasteiger partial charge >= 0.3 is 12.1 Å². The molecule has 34 heavy (non-hydrogen) atoms. The zero-order valence-electron chi connectivity index (χ0n) is 18.8. The first-order chi connectivity index (χ1) is 16.5. The minimum absolute atomic E-state index is 0.00405. The SMILES string of the molecule is O=C(NC1C=CCC(C(=O)NCC2CC2C(=O)O)C1)OCC1c2ccccc2-c2ccccc21. The van der Waals surface area contributed by atoms with Gasteiger partial charge in [-0.25, -0.2) is 4.79 Å². The zero-order valence-corrected chi connectivity index (χ0v) is 18.8. The second kappa shape index (κ2) is 9.33. The van der Waals surface area contributed by atoms with Crippen LogP contribution in [-0.2, 0) is 14.3 Å². The molecule has 1 fully saturated rings. The Kier molecular flexibility index (Phi) is 6.09. The molecule has 2 amide bonds. The zero-order chi connectivity index (χ0) is 23.7. The molecule has 0 saturated heterocycles. The van der Waals surface area contributed by atoms with Gasteiger partial charge in [-0.1, -0.05) is 60.7 Å². The van der Waals surface area contributed by atoms with Crippen molar-refractivity contribution < 1.29 is 24.2 Å². The van der Waals surface area contributed by atoms with Crippen LogP contribution in [-0.4, -0.2) is 42.3 Å². The molecule has 5 rings (SSSR count). The van der Waals surface area contributed by atoms with E-state index in [2.05, 4.69) is 34.9 Å². The monoisotopic (exact) mass is 460 g/mol. The van der Waals surface area contributed by atoms with Crippen LogP contribution < -0.4 is 10.6 Å². The van der Waals surface area contributed by atoms with Crippen LogP contribution in [0.25, 0.3) is 11.1 Å². The molecule has 176 valence electrons. The summed E-state index contributed by atoms with van der Waals surface area (Å²) >= 11 is 0. The molecule has 4 unspecified atom stereocenters. The van der Waals surface area contributed by atoms with E-state index in [0.29, 0.717) is 25.8 Å². The first-order valence-corrected chi connectivity index (χ1v) is 11.8. The van der Waals surface area contributed by atoms with E-state index < -0.39 is 12.1 Å². The maximum absolute atomic E-state index is 12.6. The maximum Gasteiger partial charge on any atom is 0.407 e. The number of carboxylic acids is 1. The lowest BCUT2D eigenvalue weighted by atomic mass is 9.90. The standard InChI is InChI=1S/C27H28N2O5/c30-25(28-14-17-13-23(17)26(31)32)16-6-5-7-18(12-16)29-27(33)34-15-24-21-10-3-1-8-19(21)20-9-2-4-11-22(20)24/h1-5,7-11,16-18,23-24H,6,12-15H2,(H,28,30)(H,29,33)(H,31,32). The number of benzene rings is 2. The van der Waals surface area contributed by atoms with Crippen LogP contribution in [0.1, 0.15) is 36.3 Å². The van der Waals surface area contributed by atoms with Crippen LogP contribution in [0.4, 0.5) is 4.79 Å². The van der Waals surface area contributed by atoms with Crippen LogP contribution in [0.2, 0.25) is 0 Å². The van der Waals surface area contributed by atoms with Gasteiger partial charge in [-0.05, 0) is 47.4 Å². The second-order valence-corrected chi connectivity index (χ2v) is 9.36. The number of carbonyl (C=O) groups is 3. The lowest BCUT2D eigenvalue weighted by molar-refractivity contribution is -0.139. The number of carbonyl (C=O) groups excluding carboxylic acids is 2. The summed E-state index contributed by atoms with van der Waals surface area (Å²) < 4.78 is 5.62. The molecular formula is C27H28N2O5. The molecule has 7 nitrogen and oxygen atoms in total. The van der Waals surface area contributed by atoms with Gasteiger partial charge in [0, 0.05) is 18.4 Å². The Morgan fingerprint density at radius 3 is 2.29 bits per heavy atom. The summed E-state index contributed by atoms with van der Waals surface area (Å²) in [5.74, 6) is -1.47. The lowest BCUT2D eigenvalue weighted by Crippen LogP contribution is -2.41. The van der Waals surface area contributed by atoms with Gasteiger partial charge in [0.1, 0.15) is 6.61 Å². The largest absolute Gasteiger partial charge is 0.481 e. The normalized spacial score (nSPS) is 24.6. The summed E-state index contributed by atoms with van der Waals surface area (Å²) in [6, 6.07) is 16.1. The number of carboxylic acid groups (broad SMARTS) is 1. The van der Waals surface area contributed by atoms with Gasteiger partial charge in [0.25, 0.3) is 0 Å². The van der Waals surface area contributed by atoms with Crippen molar-refractivity contribution in [2.24, 2.45) is 17.8 Å². The fourth-order valence-electron chi connectivity index (χ4n) is 5.15. The van der Waals surface area contributed by atoms with Gasteiger partial charge < -0.3 is 20.5 Å². The second-order valence-electron chi connectivity index (χ2n) is 9.36. The molecule has 7 heteroatoms. The quantitative estimate of drug-likeness (QED) is 0.547. The fraction of sp³-hybridized carbons (Fsp3) is 0.370. The first kappa shape index (κ1) is 22.2. The summed E-state index contributed by atoms with van der Waals surface area (Å²) in [7, 11) is 0. The average Bonchev–Trinajstić information content (AvgIpc) is 3.57. The van der Waals surface area contributed by atoms with Crippen LogP contribution in [0.3, 0.4) is 0 Å². The van der Waals surface area contributed by atoms with Gasteiger partial charge in [0.15, 0.2) is 0 Å². The number of fused-ring (bicyclic) bond motifs is 3. The van der Waals surface area contributed by atoms with Crippen molar-refractivity contribution >= 4 is 18.0 Å². The Morgan fingerprint density at radius 2 is 1.65 bits per heavy atom. The number of hydrogen-bond acceptors (Lipinski definition) is 4. The predicted octanol–water partition coefficient (Wildman–Crippen LogP) is 3.70. The third-order valence-electron chi connectivity index (χ3n) is 7.12. The van der Waals surface area contributed by atoms with Crippen molar-refractivity contribution in [1.82, 2.24) is 10.6 Å². The van der Waals surface area contributed by atoms with Gasteiger partial charge in [0.2, 0.25) is 5.91 Å². The van der Waals surface area contributed by atoms with Gasteiger partial charge in [-0.15, -0.1) is 0 Å². The first-order valence-electron chi connectivity index (χ1n) is 11.8. The lowest BCUT2D eigenvalue weighted by Gasteiger charge is -2.25. The van der Waals surface area contributed by atoms with Gasteiger partial charge in [-0.3, -0.25) is 9.59 Å². The molecule has 2 aromatic carbocycles. The Balaban J connectivity index is 1.12. The molecule has 0 aromatic heterocycles. The average molecular weight is 461 g/mol. The number of rotatable bonds is 7. The number of allylic oxidation sites excluding steroid dienone is 1. The highest BCUT2D eigenvalue weighted by Crippen LogP contribution is 2.44. The Labute approximate surface area is 198 Å². The minimum atomic E-state index is -0.799. The van der Waals surface area contributed by atoms with E-state index in [4.69, 9.17) is 9.84 Å². The highest BCUT2D eigenvalue weighted by molar-refractivity contribution is 5.80. The van der Waals surface area contributed by atoms with Crippen LogP contribution >= 0.6 is 0 Å². The molecule has 0 aliphatic heterocycles. The third-order valence-corrected chi connectivity index (χ3v) is 7.12. The van der Waals surface area contributed by atoms with E-state index in [9.17, 15) is 14.4 Å². The van der Waals surface area contributed by atoms with E-state index in [1.165, 1.54) is 11.1 Å². The summed E-state index contributed by atoms with van der Waals surface area (Å²) in [5, 5.41) is 14.7. The van der Waals surface area contributed by atoms with Crippen molar-refractivity contribution in [3.05, 3.63) is 71.8 Å². The van der Waals surface area contributed by atoms with E-state index in [0.717, 1.165) is 11.1 Å². The molecule has 1 saturated carbocycles. The summed E-state index contributed by atoms with van der Waals surface area (Å²) in [6.45, 7) is 0.632. The molecule has 4 atom stereocenters.